The Balaban J connectivity index is 2.48. The van der Waals surface area contributed by atoms with Gasteiger partial charge in [-0.1, -0.05) is 13.0 Å². The van der Waals surface area contributed by atoms with E-state index in [1.165, 1.54) is 11.3 Å². The lowest BCUT2D eigenvalue weighted by Gasteiger charge is -2.08. The Morgan fingerprint density at radius 1 is 1.67 bits per heavy atom. The van der Waals surface area contributed by atoms with Crippen LogP contribution in [-0.2, 0) is 20.3 Å². The van der Waals surface area contributed by atoms with E-state index >= 15 is 0 Å². The number of hydrogen-bond acceptors (Lipinski definition) is 4. The fourth-order valence-corrected chi connectivity index (χ4v) is 3.29. The predicted molar refractivity (Wildman–Crippen MR) is 61.4 cm³/mol. The van der Waals surface area contributed by atoms with E-state index in [-0.39, 0.29) is 11.9 Å². The molecule has 0 N–H and O–H groups in total. The van der Waals surface area contributed by atoms with E-state index in [2.05, 4.69) is 0 Å². The molecule has 1 aromatic heterocycles. The summed E-state index contributed by atoms with van der Waals surface area (Å²) in [5, 5.41) is 1.88. The van der Waals surface area contributed by atoms with Gasteiger partial charge in [-0.2, -0.15) is 0 Å². The quantitative estimate of drug-likeness (QED) is 0.747. The van der Waals surface area contributed by atoms with Gasteiger partial charge in [0.15, 0.2) is 0 Å². The molecular formula is C10H14O3S2. The van der Waals surface area contributed by atoms with Gasteiger partial charge in [-0.25, -0.2) is 0 Å². The second-order valence-electron chi connectivity index (χ2n) is 3.10. The highest BCUT2D eigenvalue weighted by atomic mass is 32.2. The summed E-state index contributed by atoms with van der Waals surface area (Å²) in [4.78, 5) is 11.3. The topological polar surface area (TPSA) is 43.4 Å². The van der Waals surface area contributed by atoms with E-state index in [1.807, 2.05) is 17.5 Å². The van der Waals surface area contributed by atoms with Crippen molar-refractivity contribution in [2.75, 3.05) is 12.4 Å². The Morgan fingerprint density at radius 2 is 2.40 bits per heavy atom. The van der Waals surface area contributed by atoms with Crippen LogP contribution in [0.3, 0.4) is 0 Å². The lowest BCUT2D eigenvalue weighted by Crippen LogP contribution is -2.20. The second kappa shape index (κ2) is 6.02. The van der Waals surface area contributed by atoms with Crippen LogP contribution in [0.15, 0.2) is 21.7 Å². The molecule has 2 atom stereocenters. The molecule has 0 fully saturated rings. The van der Waals surface area contributed by atoms with Crippen molar-refractivity contribution in [1.82, 2.24) is 0 Å². The van der Waals surface area contributed by atoms with Crippen LogP contribution in [0, 0.1) is 5.92 Å². The normalized spacial score (nSPS) is 14.5. The van der Waals surface area contributed by atoms with E-state index in [4.69, 9.17) is 4.74 Å². The first-order valence-corrected chi connectivity index (χ1v) is 6.93. The highest BCUT2D eigenvalue weighted by molar-refractivity contribution is 7.87. The first-order chi connectivity index (χ1) is 7.15. The van der Waals surface area contributed by atoms with Crippen LogP contribution in [0.2, 0.25) is 0 Å². The highest BCUT2D eigenvalue weighted by Gasteiger charge is 2.18. The average Bonchev–Trinajstić information content (AvgIpc) is 2.70. The maximum atomic E-state index is 11.7. The molecule has 0 aliphatic carbocycles. The van der Waals surface area contributed by atoms with Crippen molar-refractivity contribution in [2.45, 2.75) is 18.1 Å². The molecule has 0 saturated carbocycles. The molecule has 84 valence electrons. The highest BCUT2D eigenvalue weighted by Crippen LogP contribution is 2.16. The van der Waals surface area contributed by atoms with Crippen molar-refractivity contribution in [1.29, 1.82) is 0 Å². The van der Waals surface area contributed by atoms with Crippen LogP contribution in [0.5, 0.6) is 0 Å². The van der Waals surface area contributed by atoms with Gasteiger partial charge < -0.3 is 4.74 Å². The fraction of sp³-hybridized carbons (Fsp3) is 0.500. The number of carbonyl (C=O) groups is 1. The maximum Gasteiger partial charge on any atom is 0.309 e. The largest absolute Gasteiger partial charge is 0.466 e. The van der Waals surface area contributed by atoms with E-state index in [1.54, 1.807) is 13.8 Å². The zero-order valence-corrected chi connectivity index (χ0v) is 10.4. The zero-order chi connectivity index (χ0) is 11.3. The Kier molecular flexibility index (Phi) is 4.98. The van der Waals surface area contributed by atoms with Crippen molar-refractivity contribution < 1.29 is 13.7 Å². The van der Waals surface area contributed by atoms with Crippen LogP contribution < -0.4 is 0 Å². The summed E-state index contributed by atoms with van der Waals surface area (Å²) in [6, 6.07) is 3.67. The summed E-state index contributed by atoms with van der Waals surface area (Å²) < 4.78 is 17.4. The molecular weight excluding hydrogens is 232 g/mol. The Morgan fingerprint density at radius 3 is 2.93 bits per heavy atom. The lowest BCUT2D eigenvalue weighted by molar-refractivity contribution is -0.146. The molecule has 2 unspecified atom stereocenters. The average molecular weight is 246 g/mol. The van der Waals surface area contributed by atoms with E-state index in [9.17, 15) is 9.00 Å². The van der Waals surface area contributed by atoms with Crippen LogP contribution in [0.25, 0.3) is 0 Å². The van der Waals surface area contributed by atoms with Gasteiger partial charge in [-0.05, 0) is 18.4 Å². The fourth-order valence-electron chi connectivity index (χ4n) is 1.05. The van der Waals surface area contributed by atoms with E-state index < -0.39 is 10.8 Å². The molecule has 0 spiro atoms. The van der Waals surface area contributed by atoms with Gasteiger partial charge in [-0.15, -0.1) is 11.3 Å². The van der Waals surface area contributed by atoms with Gasteiger partial charge in [0.1, 0.15) is 0 Å². The Labute approximate surface area is 95.9 Å². The first-order valence-electron chi connectivity index (χ1n) is 4.73. The number of carbonyl (C=O) groups excluding carboxylic acids is 1. The summed E-state index contributed by atoms with van der Waals surface area (Å²) in [5.74, 6) is -0.255. The maximum absolute atomic E-state index is 11.7. The smallest absolute Gasteiger partial charge is 0.309 e. The number of esters is 1. The molecule has 0 aliphatic rings. The minimum absolute atomic E-state index is 0.276. The summed E-state index contributed by atoms with van der Waals surface area (Å²) in [5.41, 5.74) is 0. The lowest BCUT2D eigenvalue weighted by atomic mass is 10.2. The van der Waals surface area contributed by atoms with E-state index in [0.717, 1.165) is 4.21 Å². The SMILES string of the molecule is CCOC(=O)C(C)CS(=O)c1cccs1. The standard InChI is InChI=1S/C10H14O3S2/c1-3-13-10(11)8(2)7-15(12)9-5-4-6-14-9/h4-6,8H,3,7H2,1-2H3. The molecule has 0 bridgehead atoms. The number of rotatable bonds is 5. The van der Waals surface area contributed by atoms with Crippen LogP contribution >= 0.6 is 11.3 Å². The molecule has 0 saturated heterocycles. The van der Waals surface area contributed by atoms with Gasteiger partial charge in [0.25, 0.3) is 0 Å². The van der Waals surface area contributed by atoms with Crippen molar-refractivity contribution in [3.05, 3.63) is 17.5 Å². The molecule has 3 nitrogen and oxygen atoms in total. The Bertz CT molecular complexity index is 332. The predicted octanol–water partition coefficient (Wildman–Crippen LogP) is 2.05. The van der Waals surface area contributed by atoms with Crippen LogP contribution in [0.4, 0.5) is 0 Å². The molecule has 15 heavy (non-hydrogen) atoms. The van der Waals surface area contributed by atoms with Crippen LogP contribution in [-0.4, -0.2) is 22.5 Å². The first kappa shape index (κ1) is 12.4. The van der Waals surface area contributed by atoms with Gasteiger partial charge in [0, 0.05) is 5.75 Å². The third-order valence-electron chi connectivity index (χ3n) is 1.81. The molecule has 0 radical (unpaired) electrons. The summed E-state index contributed by atoms with van der Waals surface area (Å²) in [6.07, 6.45) is 0. The number of hydrogen-bond donors (Lipinski definition) is 0. The molecule has 0 aliphatic heterocycles. The molecule has 1 heterocycles. The second-order valence-corrected chi connectivity index (χ2v) is 5.77. The van der Waals surface area contributed by atoms with Crippen molar-refractivity contribution in [3.63, 3.8) is 0 Å². The third kappa shape index (κ3) is 3.76. The van der Waals surface area contributed by atoms with Crippen molar-refractivity contribution in [2.24, 2.45) is 5.92 Å². The van der Waals surface area contributed by atoms with Gasteiger partial charge in [0.05, 0.1) is 27.5 Å². The molecule has 0 aromatic carbocycles. The van der Waals surface area contributed by atoms with Gasteiger partial charge in [-0.3, -0.25) is 9.00 Å². The minimum atomic E-state index is -1.09. The van der Waals surface area contributed by atoms with Crippen molar-refractivity contribution >= 4 is 28.1 Å². The van der Waals surface area contributed by atoms with E-state index in [0.29, 0.717) is 12.4 Å². The molecule has 0 amide bonds. The third-order valence-corrected chi connectivity index (χ3v) is 4.71. The van der Waals surface area contributed by atoms with Gasteiger partial charge >= 0.3 is 5.97 Å². The van der Waals surface area contributed by atoms with Crippen molar-refractivity contribution in [3.8, 4) is 0 Å². The Hall–Kier alpha value is -0.680. The van der Waals surface area contributed by atoms with Crippen LogP contribution in [0.1, 0.15) is 13.8 Å². The molecule has 1 aromatic rings. The zero-order valence-electron chi connectivity index (χ0n) is 8.76. The molecule has 5 heteroatoms. The number of thiophene rings is 1. The monoisotopic (exact) mass is 246 g/mol. The summed E-state index contributed by atoms with van der Waals surface area (Å²) in [7, 11) is -1.09. The summed E-state index contributed by atoms with van der Waals surface area (Å²) in [6.45, 7) is 3.87. The summed E-state index contributed by atoms with van der Waals surface area (Å²) >= 11 is 1.45. The number of ether oxygens (including phenoxy) is 1. The minimum Gasteiger partial charge on any atom is -0.466 e. The van der Waals surface area contributed by atoms with Gasteiger partial charge in [0.2, 0.25) is 0 Å². The molecule has 1 rings (SSSR count).